The Labute approximate surface area is 117 Å². The van der Waals surface area contributed by atoms with E-state index in [4.69, 9.17) is 14.2 Å². The van der Waals surface area contributed by atoms with Crippen LogP contribution in [0.3, 0.4) is 0 Å². The topological polar surface area (TPSA) is 43.0 Å². The second kappa shape index (κ2) is 11.6. The van der Waals surface area contributed by atoms with Crippen molar-refractivity contribution >= 4 is 0 Å². The lowest BCUT2D eigenvalue weighted by Gasteiger charge is -2.31. The van der Waals surface area contributed by atoms with Gasteiger partial charge in [0.25, 0.3) is 0 Å². The van der Waals surface area contributed by atoms with Gasteiger partial charge < -0.3 is 24.4 Å². The van der Waals surface area contributed by atoms with Crippen LogP contribution in [0.5, 0.6) is 0 Å². The SMILES string of the molecule is COCCNCC1CCN(CCOCCOC)CC1. The van der Waals surface area contributed by atoms with E-state index in [1.165, 1.54) is 25.9 Å². The van der Waals surface area contributed by atoms with Crippen LogP contribution < -0.4 is 5.32 Å². The Morgan fingerprint density at radius 1 is 1.00 bits per heavy atom. The number of hydrogen-bond acceptors (Lipinski definition) is 5. The summed E-state index contributed by atoms with van der Waals surface area (Å²) in [5.41, 5.74) is 0. The Balaban J connectivity index is 1.93. The van der Waals surface area contributed by atoms with Gasteiger partial charge >= 0.3 is 0 Å². The smallest absolute Gasteiger partial charge is 0.0700 e. The Kier molecular flexibility index (Phi) is 10.3. The van der Waals surface area contributed by atoms with Crippen molar-refractivity contribution in [3.63, 3.8) is 0 Å². The molecule has 0 unspecified atom stereocenters. The van der Waals surface area contributed by atoms with E-state index in [-0.39, 0.29) is 0 Å². The first kappa shape index (κ1) is 16.9. The van der Waals surface area contributed by atoms with E-state index in [2.05, 4.69) is 10.2 Å². The van der Waals surface area contributed by atoms with Gasteiger partial charge in [-0.15, -0.1) is 0 Å². The van der Waals surface area contributed by atoms with Crippen LogP contribution in [-0.4, -0.2) is 78.3 Å². The third-order valence-electron chi connectivity index (χ3n) is 3.61. The third kappa shape index (κ3) is 8.55. The summed E-state index contributed by atoms with van der Waals surface area (Å²) in [5, 5.41) is 3.46. The molecule has 5 nitrogen and oxygen atoms in total. The highest BCUT2D eigenvalue weighted by atomic mass is 16.5. The van der Waals surface area contributed by atoms with E-state index in [0.717, 1.165) is 38.8 Å². The second-order valence-corrected chi connectivity index (χ2v) is 5.09. The summed E-state index contributed by atoms with van der Waals surface area (Å²) in [5.74, 6) is 0.822. The number of likely N-dealkylation sites (tertiary alicyclic amines) is 1. The zero-order chi connectivity index (χ0) is 13.8. The molecular weight excluding hydrogens is 244 g/mol. The van der Waals surface area contributed by atoms with Gasteiger partial charge in [-0.3, -0.25) is 0 Å². The summed E-state index contributed by atoms with van der Waals surface area (Å²) in [4.78, 5) is 2.50. The summed E-state index contributed by atoms with van der Waals surface area (Å²) in [7, 11) is 3.45. The van der Waals surface area contributed by atoms with Gasteiger partial charge in [-0.1, -0.05) is 0 Å². The number of nitrogens with one attached hydrogen (secondary N) is 1. The van der Waals surface area contributed by atoms with Crippen LogP contribution in [0.15, 0.2) is 0 Å². The fourth-order valence-electron chi connectivity index (χ4n) is 2.33. The molecule has 0 bridgehead atoms. The molecule has 1 aliphatic heterocycles. The minimum absolute atomic E-state index is 0.690. The monoisotopic (exact) mass is 274 g/mol. The van der Waals surface area contributed by atoms with Crippen LogP contribution in [0.2, 0.25) is 0 Å². The second-order valence-electron chi connectivity index (χ2n) is 5.09. The summed E-state index contributed by atoms with van der Waals surface area (Å²) in [6.45, 7) is 8.55. The zero-order valence-corrected chi connectivity index (χ0v) is 12.5. The number of rotatable bonds is 11. The van der Waals surface area contributed by atoms with Crippen LogP contribution in [-0.2, 0) is 14.2 Å². The lowest BCUT2D eigenvalue weighted by atomic mass is 9.97. The molecule has 1 fully saturated rings. The predicted molar refractivity (Wildman–Crippen MR) is 76.6 cm³/mol. The van der Waals surface area contributed by atoms with Gasteiger partial charge in [0.2, 0.25) is 0 Å². The lowest BCUT2D eigenvalue weighted by molar-refractivity contribution is 0.0510. The minimum Gasteiger partial charge on any atom is -0.383 e. The fourth-order valence-corrected chi connectivity index (χ4v) is 2.33. The maximum absolute atomic E-state index is 5.50. The molecule has 0 aliphatic carbocycles. The first-order valence-corrected chi connectivity index (χ1v) is 7.35. The fraction of sp³-hybridized carbons (Fsp3) is 1.00. The number of ether oxygens (including phenoxy) is 3. The molecule has 0 atom stereocenters. The van der Waals surface area contributed by atoms with Crippen molar-refractivity contribution in [3.8, 4) is 0 Å². The van der Waals surface area contributed by atoms with Gasteiger partial charge in [0.1, 0.15) is 0 Å². The average Bonchev–Trinajstić information content (AvgIpc) is 2.45. The molecule has 19 heavy (non-hydrogen) atoms. The van der Waals surface area contributed by atoms with Crippen LogP contribution >= 0.6 is 0 Å². The number of methoxy groups -OCH3 is 2. The molecule has 0 saturated carbocycles. The summed E-state index contributed by atoms with van der Waals surface area (Å²) in [6, 6.07) is 0. The highest BCUT2D eigenvalue weighted by molar-refractivity contribution is 4.73. The molecule has 1 aliphatic rings. The largest absolute Gasteiger partial charge is 0.383 e. The predicted octanol–water partition coefficient (Wildman–Crippen LogP) is 0.597. The summed E-state index contributed by atoms with van der Waals surface area (Å²) < 4.78 is 15.5. The minimum atomic E-state index is 0.690. The van der Waals surface area contributed by atoms with E-state index in [1.54, 1.807) is 14.2 Å². The number of nitrogens with zero attached hydrogens (tertiary/aromatic N) is 1. The summed E-state index contributed by atoms with van der Waals surface area (Å²) >= 11 is 0. The highest BCUT2D eigenvalue weighted by Gasteiger charge is 2.18. The normalized spacial score (nSPS) is 18.0. The highest BCUT2D eigenvalue weighted by Crippen LogP contribution is 2.15. The van der Waals surface area contributed by atoms with Crippen molar-refractivity contribution in [2.75, 3.05) is 73.4 Å². The Morgan fingerprint density at radius 2 is 1.74 bits per heavy atom. The molecule has 0 aromatic rings. The zero-order valence-electron chi connectivity index (χ0n) is 12.5. The molecule has 0 amide bonds. The van der Waals surface area contributed by atoms with Crippen molar-refractivity contribution in [1.29, 1.82) is 0 Å². The number of hydrogen-bond donors (Lipinski definition) is 1. The van der Waals surface area contributed by atoms with E-state index < -0.39 is 0 Å². The first-order valence-electron chi connectivity index (χ1n) is 7.35. The summed E-state index contributed by atoms with van der Waals surface area (Å²) in [6.07, 6.45) is 2.58. The molecule has 0 spiro atoms. The molecule has 0 aromatic heterocycles. The molecule has 0 aromatic carbocycles. The van der Waals surface area contributed by atoms with Gasteiger partial charge in [0.05, 0.1) is 26.4 Å². The van der Waals surface area contributed by atoms with E-state index in [1.807, 2.05) is 0 Å². The Morgan fingerprint density at radius 3 is 2.42 bits per heavy atom. The van der Waals surface area contributed by atoms with Crippen LogP contribution in [0, 0.1) is 5.92 Å². The third-order valence-corrected chi connectivity index (χ3v) is 3.61. The molecule has 114 valence electrons. The first-order chi connectivity index (χ1) is 9.36. The lowest BCUT2D eigenvalue weighted by Crippen LogP contribution is -2.39. The van der Waals surface area contributed by atoms with Gasteiger partial charge in [0.15, 0.2) is 0 Å². The Bertz CT molecular complexity index is 197. The van der Waals surface area contributed by atoms with Crippen molar-refractivity contribution in [2.24, 2.45) is 5.92 Å². The van der Waals surface area contributed by atoms with E-state index in [9.17, 15) is 0 Å². The Hall–Kier alpha value is -0.200. The van der Waals surface area contributed by atoms with Gasteiger partial charge in [-0.05, 0) is 38.4 Å². The average molecular weight is 274 g/mol. The van der Waals surface area contributed by atoms with Crippen LogP contribution in [0.4, 0.5) is 0 Å². The molecule has 5 heteroatoms. The maximum Gasteiger partial charge on any atom is 0.0700 e. The van der Waals surface area contributed by atoms with Crippen molar-refractivity contribution in [1.82, 2.24) is 10.2 Å². The molecule has 1 rings (SSSR count). The quantitative estimate of drug-likeness (QED) is 0.559. The van der Waals surface area contributed by atoms with Crippen molar-refractivity contribution in [2.45, 2.75) is 12.8 Å². The molecular formula is C14H30N2O3. The van der Waals surface area contributed by atoms with E-state index >= 15 is 0 Å². The van der Waals surface area contributed by atoms with Crippen LogP contribution in [0.1, 0.15) is 12.8 Å². The van der Waals surface area contributed by atoms with E-state index in [0.29, 0.717) is 13.2 Å². The van der Waals surface area contributed by atoms with Crippen LogP contribution in [0.25, 0.3) is 0 Å². The van der Waals surface area contributed by atoms with Gasteiger partial charge in [-0.25, -0.2) is 0 Å². The maximum atomic E-state index is 5.50. The van der Waals surface area contributed by atoms with Crippen molar-refractivity contribution < 1.29 is 14.2 Å². The standard InChI is InChI=1S/C14H30N2O3/c1-17-9-5-15-13-14-3-6-16(7-4-14)8-10-19-12-11-18-2/h14-15H,3-13H2,1-2H3. The number of piperidine rings is 1. The molecule has 0 radical (unpaired) electrons. The molecule has 1 saturated heterocycles. The van der Waals surface area contributed by atoms with Gasteiger partial charge in [0, 0.05) is 27.3 Å². The molecule has 1 N–H and O–H groups in total. The van der Waals surface area contributed by atoms with Gasteiger partial charge in [-0.2, -0.15) is 0 Å². The molecule has 1 heterocycles. The van der Waals surface area contributed by atoms with Crippen molar-refractivity contribution in [3.05, 3.63) is 0 Å².